The van der Waals surface area contributed by atoms with E-state index in [0.29, 0.717) is 0 Å². The summed E-state index contributed by atoms with van der Waals surface area (Å²) in [6.45, 7) is 0. The van der Waals surface area contributed by atoms with Crippen molar-refractivity contribution in [2.24, 2.45) is 0 Å². The summed E-state index contributed by atoms with van der Waals surface area (Å²) < 4.78 is 2.87. The van der Waals surface area contributed by atoms with Gasteiger partial charge < -0.3 is 0 Å². The Labute approximate surface area is 86.2 Å². The van der Waals surface area contributed by atoms with Crippen molar-refractivity contribution < 1.29 is 0 Å². The zero-order valence-corrected chi connectivity index (χ0v) is 9.62. The molecule has 0 aliphatic rings. The fraction of sp³-hybridized carbons (Fsp3) is 0. The maximum Gasteiger partial charge on any atom is 0.115 e. The van der Waals surface area contributed by atoms with Gasteiger partial charge in [-0.15, -0.1) is 0 Å². The Morgan fingerprint density at radius 3 is 1.90 bits per heavy atom. The van der Waals surface area contributed by atoms with Crippen LogP contribution in [-0.2, 0) is 0 Å². The van der Waals surface area contributed by atoms with Crippen molar-refractivity contribution in [3.63, 3.8) is 0 Å². The van der Waals surface area contributed by atoms with Gasteiger partial charge in [-0.3, -0.25) is 0 Å². The molecule has 1 aromatic rings. The molecule has 1 rings (SSSR count). The Hall–Kier alpha value is 0.725. The highest BCUT2D eigenvalue weighted by Crippen LogP contribution is 2.24. The smallest absolute Gasteiger partial charge is 0.0815 e. The second-order valence-corrected chi connectivity index (χ2v) is 4.35. The van der Waals surface area contributed by atoms with E-state index in [1.807, 2.05) is 12.1 Å². The van der Waals surface area contributed by atoms with Crippen LogP contribution in [0.3, 0.4) is 0 Å². The van der Waals surface area contributed by atoms with Gasteiger partial charge in [0.25, 0.3) is 0 Å². The quantitative estimate of drug-likeness (QED) is 0.508. The Morgan fingerprint density at radius 1 is 0.900 bits per heavy atom. The summed E-state index contributed by atoms with van der Waals surface area (Å²) in [6, 6.07) is 3.74. The molecule has 1 aromatic carbocycles. The van der Waals surface area contributed by atoms with Crippen molar-refractivity contribution in [3.05, 3.63) is 25.6 Å². The van der Waals surface area contributed by atoms with Gasteiger partial charge >= 0.3 is 0 Å². The zero-order chi connectivity index (χ0) is 7.72. The van der Waals surface area contributed by atoms with E-state index in [1.165, 1.54) is 0 Å². The first-order valence-electron chi connectivity index (χ1n) is 2.51. The molecule has 2 radical (unpaired) electrons. The Bertz CT molecular complexity index is 209. The van der Waals surface area contributed by atoms with Gasteiger partial charge in [0.15, 0.2) is 0 Å². The van der Waals surface area contributed by atoms with E-state index in [-0.39, 0.29) is 0 Å². The second-order valence-electron chi connectivity index (χ2n) is 1.79. The van der Waals surface area contributed by atoms with Gasteiger partial charge in [-0.1, -0.05) is 27.5 Å². The van der Waals surface area contributed by atoms with Crippen molar-refractivity contribution in [2.45, 2.75) is 0 Å². The Morgan fingerprint density at radius 2 is 1.40 bits per heavy atom. The molecule has 0 saturated heterocycles. The first-order valence-corrected chi connectivity index (χ1v) is 4.89. The highest BCUT2D eigenvalue weighted by atomic mass is 79.9. The summed E-state index contributed by atoms with van der Waals surface area (Å²) >= 11 is 9.98. The summed E-state index contributed by atoms with van der Waals surface area (Å²) in [5, 5.41) is 0. The van der Waals surface area contributed by atoms with Crippen molar-refractivity contribution in [3.8, 4) is 0 Å². The molecule has 0 fully saturated rings. The Balaban J connectivity index is 3.28. The van der Waals surface area contributed by atoms with Gasteiger partial charge in [-0.2, -0.15) is 0 Å². The van der Waals surface area contributed by atoms with E-state index in [9.17, 15) is 0 Å². The van der Waals surface area contributed by atoms with Gasteiger partial charge in [0.1, 0.15) is 7.85 Å². The molecule has 0 aliphatic heterocycles. The molecular formula is C6H2BBr3. The number of hydrogen-bond acceptors (Lipinski definition) is 0. The number of hydrogen-bond donors (Lipinski definition) is 0. The van der Waals surface area contributed by atoms with Crippen LogP contribution < -0.4 is 5.46 Å². The number of benzene rings is 1. The van der Waals surface area contributed by atoms with E-state index in [4.69, 9.17) is 7.85 Å². The molecule has 0 heterocycles. The van der Waals surface area contributed by atoms with Crippen LogP contribution in [0.2, 0.25) is 0 Å². The van der Waals surface area contributed by atoms with E-state index in [1.54, 1.807) is 0 Å². The normalized spacial score (nSPS) is 9.90. The lowest BCUT2D eigenvalue weighted by Gasteiger charge is -2.00. The number of rotatable bonds is 0. The van der Waals surface area contributed by atoms with Crippen molar-refractivity contribution in [1.29, 1.82) is 0 Å². The molecule has 0 amide bonds. The lowest BCUT2D eigenvalue weighted by molar-refractivity contribution is 1.59. The molecular weight excluding hydrogens is 323 g/mol. The van der Waals surface area contributed by atoms with Crippen LogP contribution in [0, 0.1) is 0 Å². The molecule has 0 nitrogen and oxygen atoms in total. The fourth-order valence-electron chi connectivity index (χ4n) is 0.538. The molecule has 0 aliphatic carbocycles. The lowest BCUT2D eigenvalue weighted by atomic mass is 9.97. The first kappa shape index (κ1) is 8.82. The lowest BCUT2D eigenvalue weighted by Crippen LogP contribution is -2.03. The van der Waals surface area contributed by atoms with Crippen LogP contribution in [-0.4, -0.2) is 7.85 Å². The predicted octanol–water partition coefficient (Wildman–Crippen LogP) is 2.77. The SMILES string of the molecule is [B]c1cc(Br)c(Br)cc1Br. The van der Waals surface area contributed by atoms with E-state index in [0.717, 1.165) is 18.9 Å². The van der Waals surface area contributed by atoms with E-state index < -0.39 is 0 Å². The van der Waals surface area contributed by atoms with Crippen LogP contribution in [0.15, 0.2) is 25.6 Å². The summed E-state index contributed by atoms with van der Waals surface area (Å²) in [5.41, 5.74) is 0.732. The minimum absolute atomic E-state index is 0.732. The minimum Gasteiger partial charge on any atom is -0.0815 e. The van der Waals surface area contributed by atoms with E-state index in [2.05, 4.69) is 47.8 Å². The van der Waals surface area contributed by atoms with Gasteiger partial charge in [0.05, 0.1) is 0 Å². The monoisotopic (exact) mass is 322 g/mol. The standard InChI is InChI=1S/C6H2BBr3/c7-3-1-5(9)6(10)2-4(3)8/h1-2H. The molecule has 10 heavy (non-hydrogen) atoms. The molecule has 0 spiro atoms. The van der Waals surface area contributed by atoms with Crippen molar-refractivity contribution in [1.82, 2.24) is 0 Å². The summed E-state index contributed by atoms with van der Waals surface area (Å²) in [6.07, 6.45) is 0. The molecule has 50 valence electrons. The van der Waals surface area contributed by atoms with Crippen LogP contribution in [0.25, 0.3) is 0 Å². The van der Waals surface area contributed by atoms with Gasteiger partial charge in [0, 0.05) is 13.4 Å². The zero-order valence-electron chi connectivity index (χ0n) is 4.87. The molecule has 0 aromatic heterocycles. The molecule has 0 saturated carbocycles. The minimum atomic E-state index is 0.732. The van der Waals surface area contributed by atoms with E-state index >= 15 is 0 Å². The molecule has 0 unspecified atom stereocenters. The van der Waals surface area contributed by atoms with Crippen LogP contribution in [0.5, 0.6) is 0 Å². The van der Waals surface area contributed by atoms with Gasteiger partial charge in [-0.05, 0) is 37.9 Å². The van der Waals surface area contributed by atoms with Gasteiger partial charge in [0.2, 0.25) is 0 Å². The topological polar surface area (TPSA) is 0 Å². The third-order valence-electron chi connectivity index (χ3n) is 1.04. The number of halogens is 3. The second kappa shape index (κ2) is 3.41. The highest BCUT2D eigenvalue weighted by molar-refractivity contribution is 9.13. The largest absolute Gasteiger partial charge is 0.115 e. The maximum atomic E-state index is 5.59. The van der Waals surface area contributed by atoms with Crippen molar-refractivity contribution >= 4 is 61.1 Å². The average Bonchev–Trinajstić information content (AvgIpc) is 1.84. The summed E-state index contributed by atoms with van der Waals surface area (Å²) in [5.74, 6) is 0. The molecule has 0 atom stereocenters. The fourth-order valence-corrected chi connectivity index (χ4v) is 1.89. The van der Waals surface area contributed by atoms with Crippen molar-refractivity contribution in [2.75, 3.05) is 0 Å². The van der Waals surface area contributed by atoms with Crippen LogP contribution in [0.4, 0.5) is 0 Å². The molecule has 0 bridgehead atoms. The first-order chi connectivity index (χ1) is 4.61. The summed E-state index contributed by atoms with van der Waals surface area (Å²) in [7, 11) is 5.59. The molecule has 0 N–H and O–H groups in total. The third kappa shape index (κ3) is 1.86. The summed E-state index contributed by atoms with van der Waals surface area (Å²) in [4.78, 5) is 0. The predicted molar refractivity (Wildman–Crippen MR) is 54.9 cm³/mol. The third-order valence-corrected chi connectivity index (χ3v) is 3.57. The van der Waals surface area contributed by atoms with Gasteiger partial charge in [-0.25, -0.2) is 0 Å². The van der Waals surface area contributed by atoms with Crippen LogP contribution in [0.1, 0.15) is 0 Å². The molecule has 4 heteroatoms. The average molecular weight is 325 g/mol. The maximum absolute atomic E-state index is 5.59. The van der Waals surface area contributed by atoms with Crippen LogP contribution >= 0.6 is 47.8 Å². The highest BCUT2D eigenvalue weighted by Gasteiger charge is 1.99. The Kier molecular flexibility index (Phi) is 3.01.